The second-order valence-corrected chi connectivity index (χ2v) is 7.26. The summed E-state index contributed by atoms with van der Waals surface area (Å²) in [6.45, 7) is 4.01. The minimum Gasteiger partial charge on any atom is -0.497 e. The molecule has 1 aliphatic heterocycles. The molecular formula is C19H20O3. The molecule has 0 N–H and O–H groups in total. The molecule has 3 heteroatoms. The SMILES string of the molecule is C=C1CC2C(C1=O)C(c1ccc(OC)cc1)C13OC1CCC23. The van der Waals surface area contributed by atoms with Crippen molar-refractivity contribution in [3.63, 3.8) is 0 Å². The lowest BCUT2D eigenvalue weighted by molar-refractivity contribution is -0.118. The molecule has 22 heavy (non-hydrogen) atoms. The first-order valence-electron chi connectivity index (χ1n) is 8.20. The number of carbonyl (C=O) groups is 1. The highest BCUT2D eigenvalue weighted by Gasteiger charge is 2.78. The van der Waals surface area contributed by atoms with E-state index in [9.17, 15) is 4.79 Å². The van der Waals surface area contributed by atoms with E-state index < -0.39 is 0 Å². The van der Waals surface area contributed by atoms with Crippen molar-refractivity contribution in [3.05, 3.63) is 42.0 Å². The quantitative estimate of drug-likeness (QED) is 0.622. The lowest BCUT2D eigenvalue weighted by atomic mass is 9.79. The highest BCUT2D eigenvalue weighted by atomic mass is 16.6. The van der Waals surface area contributed by atoms with Gasteiger partial charge in [0.2, 0.25) is 0 Å². The number of epoxide rings is 1. The second kappa shape index (κ2) is 4.02. The predicted octanol–water partition coefficient (Wildman–Crippen LogP) is 3.10. The van der Waals surface area contributed by atoms with Crippen LogP contribution < -0.4 is 4.74 Å². The van der Waals surface area contributed by atoms with Crippen molar-refractivity contribution in [2.45, 2.75) is 36.9 Å². The maximum Gasteiger partial charge on any atom is 0.162 e. The Hall–Kier alpha value is -1.61. The zero-order chi connectivity index (χ0) is 15.1. The fraction of sp³-hybridized carbons (Fsp3) is 0.526. The Morgan fingerprint density at radius 2 is 2.05 bits per heavy atom. The summed E-state index contributed by atoms with van der Waals surface area (Å²) in [7, 11) is 1.68. The van der Waals surface area contributed by atoms with Crippen LogP contribution in [-0.4, -0.2) is 24.6 Å². The Bertz CT molecular complexity index is 676. The van der Waals surface area contributed by atoms with Gasteiger partial charge >= 0.3 is 0 Å². The maximum absolute atomic E-state index is 12.7. The van der Waals surface area contributed by atoms with Crippen LogP contribution in [0.25, 0.3) is 0 Å². The Labute approximate surface area is 130 Å². The number of allylic oxidation sites excluding steroid dienone is 1. The van der Waals surface area contributed by atoms with Gasteiger partial charge in [0, 0.05) is 11.8 Å². The van der Waals surface area contributed by atoms with E-state index in [1.54, 1.807) is 7.11 Å². The van der Waals surface area contributed by atoms with Crippen LogP contribution in [0.5, 0.6) is 5.75 Å². The van der Waals surface area contributed by atoms with Gasteiger partial charge in [-0.05, 0) is 54.4 Å². The van der Waals surface area contributed by atoms with Gasteiger partial charge in [-0.3, -0.25) is 4.79 Å². The number of carbonyl (C=O) groups excluding carboxylic acids is 1. The zero-order valence-corrected chi connectivity index (χ0v) is 12.7. The van der Waals surface area contributed by atoms with Crippen LogP contribution in [-0.2, 0) is 9.53 Å². The molecule has 1 aromatic carbocycles. The van der Waals surface area contributed by atoms with Gasteiger partial charge in [-0.1, -0.05) is 18.7 Å². The summed E-state index contributed by atoms with van der Waals surface area (Å²) in [5, 5.41) is 0. The largest absolute Gasteiger partial charge is 0.497 e. The average molecular weight is 296 g/mol. The van der Waals surface area contributed by atoms with E-state index >= 15 is 0 Å². The van der Waals surface area contributed by atoms with Crippen LogP contribution in [0, 0.1) is 17.8 Å². The van der Waals surface area contributed by atoms with E-state index in [1.165, 1.54) is 12.0 Å². The fourth-order valence-corrected chi connectivity index (χ4v) is 5.73. The van der Waals surface area contributed by atoms with Gasteiger partial charge < -0.3 is 9.47 Å². The van der Waals surface area contributed by atoms with Crippen molar-refractivity contribution in [2.24, 2.45) is 17.8 Å². The third kappa shape index (κ3) is 1.34. The van der Waals surface area contributed by atoms with E-state index in [0.29, 0.717) is 17.9 Å². The normalized spacial score (nSPS) is 44.7. The number of hydrogen-bond donors (Lipinski definition) is 0. The van der Waals surface area contributed by atoms with E-state index in [4.69, 9.17) is 9.47 Å². The van der Waals surface area contributed by atoms with E-state index in [0.717, 1.165) is 24.2 Å². The van der Waals surface area contributed by atoms with Crippen molar-refractivity contribution in [1.82, 2.24) is 0 Å². The van der Waals surface area contributed by atoms with Gasteiger partial charge in [-0.15, -0.1) is 0 Å². The lowest BCUT2D eigenvalue weighted by Gasteiger charge is -2.23. The average Bonchev–Trinajstić information content (AvgIpc) is 2.88. The van der Waals surface area contributed by atoms with Crippen LogP contribution in [0.2, 0.25) is 0 Å². The number of Topliss-reactive ketones (excluding diaryl/α,β-unsaturated/α-hetero) is 1. The fourth-order valence-electron chi connectivity index (χ4n) is 5.73. The molecule has 1 aromatic rings. The zero-order valence-electron chi connectivity index (χ0n) is 12.7. The summed E-state index contributed by atoms with van der Waals surface area (Å²) in [6.07, 6.45) is 3.61. The van der Waals surface area contributed by atoms with Crippen LogP contribution in [0.4, 0.5) is 0 Å². The topological polar surface area (TPSA) is 38.8 Å². The molecule has 114 valence electrons. The number of benzene rings is 1. The van der Waals surface area contributed by atoms with Gasteiger partial charge in [-0.25, -0.2) is 0 Å². The Balaban J connectivity index is 1.62. The molecule has 0 bridgehead atoms. The molecule has 6 unspecified atom stereocenters. The van der Waals surface area contributed by atoms with E-state index in [2.05, 4.69) is 18.7 Å². The predicted molar refractivity (Wildman–Crippen MR) is 81.8 cm³/mol. The van der Waals surface area contributed by atoms with Crippen molar-refractivity contribution in [2.75, 3.05) is 7.11 Å². The molecule has 3 aliphatic carbocycles. The summed E-state index contributed by atoms with van der Waals surface area (Å²) in [5.74, 6) is 2.40. The smallest absolute Gasteiger partial charge is 0.162 e. The molecule has 3 saturated carbocycles. The molecular weight excluding hydrogens is 276 g/mol. The van der Waals surface area contributed by atoms with Crippen LogP contribution in [0.15, 0.2) is 36.4 Å². The second-order valence-electron chi connectivity index (χ2n) is 7.26. The maximum atomic E-state index is 12.7. The number of fused-ring (bicyclic) bond motifs is 2. The molecule has 0 radical (unpaired) electrons. The molecule has 3 nitrogen and oxygen atoms in total. The van der Waals surface area contributed by atoms with Gasteiger partial charge in [0.1, 0.15) is 11.4 Å². The Kier molecular flexibility index (Phi) is 2.35. The minimum absolute atomic E-state index is 0.0553. The summed E-state index contributed by atoms with van der Waals surface area (Å²) in [5.41, 5.74) is 2.00. The molecule has 6 atom stereocenters. The van der Waals surface area contributed by atoms with Gasteiger partial charge in [0.15, 0.2) is 5.78 Å². The number of rotatable bonds is 2. The summed E-state index contributed by atoms with van der Waals surface area (Å²) in [4.78, 5) is 12.7. The summed E-state index contributed by atoms with van der Waals surface area (Å²) < 4.78 is 11.5. The van der Waals surface area contributed by atoms with Crippen molar-refractivity contribution < 1.29 is 14.3 Å². The highest BCUT2D eigenvalue weighted by molar-refractivity contribution is 6.00. The van der Waals surface area contributed by atoms with Crippen molar-refractivity contribution in [3.8, 4) is 5.75 Å². The van der Waals surface area contributed by atoms with Crippen molar-refractivity contribution in [1.29, 1.82) is 0 Å². The first kappa shape index (κ1) is 12.9. The molecule has 5 rings (SSSR count). The Morgan fingerprint density at radius 3 is 2.73 bits per heavy atom. The number of hydrogen-bond acceptors (Lipinski definition) is 3. The monoisotopic (exact) mass is 296 g/mol. The molecule has 0 aromatic heterocycles. The number of ketones is 1. The number of ether oxygens (including phenoxy) is 2. The first-order chi connectivity index (χ1) is 10.7. The standard InChI is InChI=1S/C19H20O3/c1-10-9-13-14-7-8-15-19(14,22-15)17(16(13)18(10)20)11-3-5-12(21-2)6-4-11/h3-6,13-17H,1,7-9H2,2H3. The van der Waals surface area contributed by atoms with E-state index in [1.807, 2.05) is 12.1 Å². The molecule has 1 saturated heterocycles. The van der Waals surface area contributed by atoms with Gasteiger partial charge in [0.25, 0.3) is 0 Å². The van der Waals surface area contributed by atoms with Crippen LogP contribution >= 0.6 is 0 Å². The number of methoxy groups -OCH3 is 1. The molecule has 1 spiro atoms. The van der Waals surface area contributed by atoms with E-state index in [-0.39, 0.29) is 23.2 Å². The molecule has 4 fully saturated rings. The van der Waals surface area contributed by atoms with Gasteiger partial charge in [0.05, 0.1) is 13.2 Å². The molecule has 1 heterocycles. The van der Waals surface area contributed by atoms with Gasteiger partial charge in [-0.2, -0.15) is 0 Å². The lowest BCUT2D eigenvalue weighted by Crippen LogP contribution is -2.27. The summed E-state index contributed by atoms with van der Waals surface area (Å²) in [6, 6.07) is 8.22. The summed E-state index contributed by atoms with van der Waals surface area (Å²) >= 11 is 0. The minimum atomic E-state index is -0.0553. The van der Waals surface area contributed by atoms with Crippen molar-refractivity contribution >= 4 is 5.78 Å². The van der Waals surface area contributed by atoms with Crippen LogP contribution in [0.1, 0.15) is 30.7 Å². The highest BCUT2D eigenvalue weighted by Crippen LogP contribution is 2.73. The Morgan fingerprint density at radius 1 is 1.27 bits per heavy atom. The first-order valence-corrected chi connectivity index (χ1v) is 8.20. The third-order valence-electron chi connectivity index (χ3n) is 6.54. The molecule has 0 amide bonds. The molecule has 4 aliphatic rings. The third-order valence-corrected chi connectivity index (χ3v) is 6.54. The van der Waals surface area contributed by atoms with Crippen LogP contribution in [0.3, 0.4) is 0 Å².